The average molecular weight is 507 g/mol. The van der Waals surface area contributed by atoms with Gasteiger partial charge in [-0.25, -0.2) is 0 Å². The summed E-state index contributed by atoms with van der Waals surface area (Å²) < 4.78 is 10.2. The van der Waals surface area contributed by atoms with Crippen molar-refractivity contribution in [2.75, 3.05) is 13.7 Å². The lowest BCUT2D eigenvalue weighted by atomic mass is 9.70. The van der Waals surface area contributed by atoms with E-state index in [0.717, 1.165) is 31.2 Å². The topological polar surface area (TPSA) is 69.7 Å². The number of ether oxygens (including phenoxy) is 2. The van der Waals surface area contributed by atoms with Gasteiger partial charge in [-0.1, -0.05) is 76.6 Å². The molecule has 0 heterocycles. The van der Waals surface area contributed by atoms with Crippen LogP contribution in [0.5, 0.6) is 0 Å². The minimum absolute atomic E-state index is 0. The Morgan fingerprint density at radius 3 is 2.34 bits per heavy atom. The van der Waals surface area contributed by atoms with Crippen LogP contribution in [0.3, 0.4) is 0 Å². The highest BCUT2D eigenvalue weighted by Crippen LogP contribution is 2.51. The van der Waals surface area contributed by atoms with E-state index in [1.165, 1.54) is 38.4 Å². The monoisotopic (exact) mass is 506 g/mol. The molecule has 35 heavy (non-hydrogen) atoms. The van der Waals surface area contributed by atoms with Gasteiger partial charge < -0.3 is 9.47 Å². The maximum atomic E-state index is 13.1. The normalized spacial score (nSPS) is 20.2. The number of rotatable bonds is 15. The molecule has 1 aliphatic carbocycles. The number of Topliss-reactive ketones (excluding diaryl/α,β-unsaturated/α-hetero) is 1. The van der Waals surface area contributed by atoms with Crippen molar-refractivity contribution in [3.63, 3.8) is 0 Å². The molecule has 0 N–H and O–H groups in total. The van der Waals surface area contributed by atoms with E-state index in [1.54, 1.807) is 6.92 Å². The van der Waals surface area contributed by atoms with Crippen molar-refractivity contribution in [1.29, 1.82) is 0 Å². The van der Waals surface area contributed by atoms with Crippen molar-refractivity contribution in [2.45, 2.75) is 110 Å². The first kappa shape index (κ1) is 31.2. The first-order valence-electron chi connectivity index (χ1n) is 13.3. The molecular formula is C29H46O5S. The minimum atomic E-state index is -1.09. The van der Waals surface area contributed by atoms with Gasteiger partial charge in [-0.15, -0.1) is 0 Å². The van der Waals surface area contributed by atoms with Crippen molar-refractivity contribution in [1.82, 2.24) is 0 Å². The van der Waals surface area contributed by atoms with Gasteiger partial charge in [0.05, 0.1) is 13.7 Å². The van der Waals surface area contributed by atoms with Gasteiger partial charge in [0.15, 0.2) is 5.78 Å². The van der Waals surface area contributed by atoms with Crippen molar-refractivity contribution in [3.8, 4) is 0 Å². The Bertz CT molecular complexity index is 791. The molecule has 0 bridgehead atoms. The van der Waals surface area contributed by atoms with Crippen LogP contribution in [0.25, 0.3) is 0 Å². The summed E-state index contributed by atoms with van der Waals surface area (Å²) in [4.78, 5) is 37.7. The van der Waals surface area contributed by atoms with Crippen LogP contribution in [-0.4, -0.2) is 31.4 Å². The van der Waals surface area contributed by atoms with Gasteiger partial charge in [0.2, 0.25) is 0 Å². The molecule has 198 valence electrons. The Kier molecular flexibility index (Phi) is 14.3. The van der Waals surface area contributed by atoms with Crippen LogP contribution in [0, 0.1) is 5.41 Å². The fourth-order valence-electron chi connectivity index (χ4n) is 5.43. The molecule has 0 radical (unpaired) electrons. The van der Waals surface area contributed by atoms with E-state index >= 15 is 0 Å². The molecule has 3 atom stereocenters. The summed E-state index contributed by atoms with van der Waals surface area (Å²) in [5, 5.41) is 0. The SMILES string of the molecule is CCCCC[C@H](C)c1ccc([C@H]2CCC(=O)C2(CCCCCCC(=O)OCC)C(=O)OC)cc1.S. The number of unbranched alkanes of at least 4 members (excludes halogenated alkanes) is 5. The second kappa shape index (κ2) is 16.0. The Hall–Kier alpha value is -1.82. The zero-order valence-corrected chi connectivity index (χ0v) is 23.2. The molecule has 1 unspecified atom stereocenters. The lowest BCUT2D eigenvalue weighted by molar-refractivity contribution is -0.158. The highest BCUT2D eigenvalue weighted by atomic mass is 32.1. The van der Waals surface area contributed by atoms with Crippen LogP contribution in [0.1, 0.15) is 121 Å². The van der Waals surface area contributed by atoms with Gasteiger partial charge in [-0.3, -0.25) is 14.4 Å². The molecule has 5 nitrogen and oxygen atoms in total. The summed E-state index contributed by atoms with van der Waals surface area (Å²) in [5.41, 5.74) is 1.28. The highest BCUT2D eigenvalue weighted by molar-refractivity contribution is 7.59. The van der Waals surface area contributed by atoms with Crippen LogP contribution >= 0.6 is 13.5 Å². The Labute approximate surface area is 219 Å². The van der Waals surface area contributed by atoms with Crippen LogP contribution in [-0.2, 0) is 23.9 Å². The Balaban J connectivity index is 0.00000612. The first-order chi connectivity index (χ1) is 16.4. The number of hydrogen-bond donors (Lipinski definition) is 0. The van der Waals surface area contributed by atoms with Crippen molar-refractivity contribution in [3.05, 3.63) is 35.4 Å². The van der Waals surface area contributed by atoms with E-state index in [2.05, 4.69) is 38.1 Å². The molecule has 0 spiro atoms. The van der Waals surface area contributed by atoms with Crippen LogP contribution < -0.4 is 0 Å². The van der Waals surface area contributed by atoms with E-state index in [4.69, 9.17) is 9.47 Å². The quantitative estimate of drug-likeness (QED) is 0.146. The van der Waals surface area contributed by atoms with Gasteiger partial charge in [-0.2, -0.15) is 13.5 Å². The summed E-state index contributed by atoms with van der Waals surface area (Å²) in [6.07, 6.45) is 10.2. The molecule has 0 amide bonds. The molecule has 1 fully saturated rings. The Morgan fingerprint density at radius 2 is 1.71 bits per heavy atom. The second-order valence-electron chi connectivity index (χ2n) is 9.76. The molecule has 2 rings (SSSR count). The summed E-state index contributed by atoms with van der Waals surface area (Å²) >= 11 is 0. The summed E-state index contributed by atoms with van der Waals surface area (Å²) in [7, 11) is 1.38. The highest BCUT2D eigenvalue weighted by Gasteiger charge is 2.56. The third-order valence-corrected chi connectivity index (χ3v) is 7.46. The lowest BCUT2D eigenvalue weighted by Gasteiger charge is -2.32. The predicted octanol–water partition coefficient (Wildman–Crippen LogP) is 6.99. The van der Waals surface area contributed by atoms with Gasteiger partial charge >= 0.3 is 11.9 Å². The molecular weight excluding hydrogens is 460 g/mol. The minimum Gasteiger partial charge on any atom is -0.468 e. The molecule has 0 aliphatic heterocycles. The lowest BCUT2D eigenvalue weighted by Crippen LogP contribution is -2.40. The van der Waals surface area contributed by atoms with Gasteiger partial charge in [0, 0.05) is 18.8 Å². The van der Waals surface area contributed by atoms with Crippen LogP contribution in [0.15, 0.2) is 24.3 Å². The van der Waals surface area contributed by atoms with Crippen molar-refractivity contribution in [2.24, 2.45) is 5.41 Å². The van der Waals surface area contributed by atoms with Crippen LogP contribution in [0.4, 0.5) is 0 Å². The van der Waals surface area contributed by atoms with Gasteiger partial charge in [-0.05, 0) is 49.7 Å². The number of carbonyl (C=O) groups is 3. The third-order valence-electron chi connectivity index (χ3n) is 7.46. The smallest absolute Gasteiger partial charge is 0.319 e. The van der Waals surface area contributed by atoms with Crippen LogP contribution in [0.2, 0.25) is 0 Å². The fourth-order valence-corrected chi connectivity index (χ4v) is 5.43. The predicted molar refractivity (Wildman–Crippen MR) is 145 cm³/mol. The number of hydrogen-bond acceptors (Lipinski definition) is 5. The molecule has 6 heteroatoms. The number of esters is 2. The Morgan fingerprint density at radius 1 is 1.03 bits per heavy atom. The molecule has 1 aromatic rings. The number of carbonyl (C=O) groups excluding carboxylic acids is 3. The van der Waals surface area contributed by atoms with Crippen molar-refractivity contribution < 1.29 is 23.9 Å². The maximum Gasteiger partial charge on any atom is 0.319 e. The molecule has 1 aromatic carbocycles. The van der Waals surface area contributed by atoms with E-state index in [9.17, 15) is 14.4 Å². The number of benzene rings is 1. The van der Waals surface area contributed by atoms with Gasteiger partial charge in [0.1, 0.15) is 5.41 Å². The zero-order valence-electron chi connectivity index (χ0n) is 22.2. The molecule has 1 saturated carbocycles. The fraction of sp³-hybridized carbons (Fsp3) is 0.690. The first-order valence-corrected chi connectivity index (χ1v) is 13.3. The van der Waals surface area contributed by atoms with E-state index < -0.39 is 11.4 Å². The number of ketones is 1. The van der Waals surface area contributed by atoms with Crippen molar-refractivity contribution >= 4 is 31.2 Å². The molecule has 0 aromatic heterocycles. The third kappa shape index (κ3) is 8.37. The number of methoxy groups -OCH3 is 1. The zero-order chi connectivity index (χ0) is 25.0. The summed E-state index contributed by atoms with van der Waals surface area (Å²) in [6, 6.07) is 8.58. The van der Waals surface area contributed by atoms with E-state index in [0.29, 0.717) is 38.2 Å². The second-order valence-corrected chi connectivity index (χ2v) is 9.76. The average Bonchev–Trinajstić information content (AvgIpc) is 3.17. The standard InChI is InChI=1S/C29H44O5.H2S/c1-5-7-10-13-22(3)23-15-17-24(18-16-23)25-19-20-26(30)29(25,28(32)33-4)21-12-9-8-11-14-27(31)34-6-2;/h15-18,22,25H,5-14,19-21H2,1-4H3;1H2/t22-,25+,29?;/m0./s1. The maximum absolute atomic E-state index is 13.1. The molecule has 1 aliphatic rings. The van der Waals surface area contributed by atoms with E-state index in [-0.39, 0.29) is 31.2 Å². The largest absolute Gasteiger partial charge is 0.468 e. The summed E-state index contributed by atoms with van der Waals surface area (Å²) in [6.45, 7) is 6.70. The van der Waals surface area contributed by atoms with Gasteiger partial charge in [0.25, 0.3) is 0 Å². The summed E-state index contributed by atoms with van der Waals surface area (Å²) in [5.74, 6) is -0.193. The van der Waals surface area contributed by atoms with E-state index in [1.807, 2.05) is 0 Å². The molecule has 0 saturated heterocycles.